The molecule has 0 aromatic carbocycles. The molecule has 0 bridgehead atoms. The van der Waals surface area contributed by atoms with Crippen LogP contribution in [0, 0.1) is 0 Å². The SMILES string of the molecule is CO[C@H]1C(CO)O[C@H](O[C@H]2C(CO)O[C@H](O)[C@@H](O)C2O)[C@@H](O)C1O. The maximum absolute atomic E-state index is 10.1. The van der Waals surface area contributed by atoms with Crippen molar-refractivity contribution in [1.82, 2.24) is 0 Å². The highest BCUT2D eigenvalue weighted by molar-refractivity contribution is 4.94. The van der Waals surface area contributed by atoms with Gasteiger partial charge in [-0.25, -0.2) is 0 Å². The van der Waals surface area contributed by atoms with Crippen molar-refractivity contribution < 1.29 is 54.7 Å². The van der Waals surface area contributed by atoms with Gasteiger partial charge in [-0.15, -0.1) is 0 Å². The molecule has 0 saturated carbocycles. The highest BCUT2D eigenvalue weighted by Gasteiger charge is 2.50. The van der Waals surface area contributed by atoms with Gasteiger partial charge >= 0.3 is 0 Å². The molecule has 0 amide bonds. The van der Waals surface area contributed by atoms with E-state index in [4.69, 9.17) is 18.9 Å². The minimum Gasteiger partial charge on any atom is -0.394 e. The van der Waals surface area contributed by atoms with Crippen LogP contribution in [0.4, 0.5) is 0 Å². The van der Waals surface area contributed by atoms with Gasteiger partial charge in [0.1, 0.15) is 48.8 Å². The Hall–Kier alpha value is -0.440. The molecule has 2 saturated heterocycles. The highest BCUT2D eigenvalue weighted by Crippen LogP contribution is 2.29. The molecular formula is C13H24O11. The Bertz CT molecular complexity index is 392. The summed E-state index contributed by atoms with van der Waals surface area (Å²) in [5.74, 6) is 0. The van der Waals surface area contributed by atoms with Crippen molar-refractivity contribution in [3.63, 3.8) is 0 Å². The summed E-state index contributed by atoms with van der Waals surface area (Å²) in [7, 11) is 1.27. The fourth-order valence-corrected chi connectivity index (χ4v) is 2.85. The molecule has 4 unspecified atom stereocenters. The lowest BCUT2D eigenvalue weighted by Gasteiger charge is -2.45. The summed E-state index contributed by atoms with van der Waals surface area (Å²) in [6.07, 6.45) is -14.2. The van der Waals surface area contributed by atoms with Crippen molar-refractivity contribution >= 4 is 0 Å². The van der Waals surface area contributed by atoms with Crippen LogP contribution in [0.5, 0.6) is 0 Å². The Labute approximate surface area is 137 Å². The Morgan fingerprint density at radius 1 is 0.750 bits per heavy atom. The molecule has 0 aromatic rings. The first-order valence-corrected chi connectivity index (χ1v) is 7.46. The van der Waals surface area contributed by atoms with Crippen LogP contribution < -0.4 is 0 Å². The zero-order valence-electron chi connectivity index (χ0n) is 13.0. The molecule has 2 aliphatic rings. The average Bonchev–Trinajstić information content (AvgIpc) is 2.58. The number of hydrogen-bond acceptors (Lipinski definition) is 11. The lowest BCUT2D eigenvalue weighted by molar-refractivity contribution is -0.356. The van der Waals surface area contributed by atoms with E-state index in [-0.39, 0.29) is 0 Å². The maximum atomic E-state index is 10.1. The zero-order chi connectivity index (χ0) is 18.0. The predicted molar refractivity (Wildman–Crippen MR) is 73.4 cm³/mol. The average molecular weight is 356 g/mol. The summed E-state index contributed by atoms with van der Waals surface area (Å²) in [6.45, 7) is -1.18. The summed E-state index contributed by atoms with van der Waals surface area (Å²) >= 11 is 0. The van der Waals surface area contributed by atoms with Crippen LogP contribution in [0.15, 0.2) is 0 Å². The fraction of sp³-hybridized carbons (Fsp3) is 1.00. The van der Waals surface area contributed by atoms with Crippen LogP contribution in [0.2, 0.25) is 0 Å². The van der Waals surface area contributed by atoms with Crippen molar-refractivity contribution in [2.45, 2.75) is 61.4 Å². The van der Waals surface area contributed by atoms with Crippen molar-refractivity contribution in [3.8, 4) is 0 Å². The van der Waals surface area contributed by atoms with Gasteiger partial charge < -0.3 is 54.7 Å². The van der Waals surface area contributed by atoms with E-state index in [1.165, 1.54) is 7.11 Å². The predicted octanol–water partition coefficient (Wildman–Crippen LogP) is -4.74. The number of rotatable bonds is 5. The standard InChI is InChI=1S/C13H24O11/c1-21-10-4(2-14)23-13(9(19)7(10)17)24-11-5(3-15)22-12(20)8(18)6(11)16/h4-20H,2-3H2,1H3/t4?,5?,6?,7?,8-,9-,10-,11-,12-,13+/m0/s1. The van der Waals surface area contributed by atoms with E-state index in [9.17, 15) is 35.7 Å². The highest BCUT2D eigenvalue weighted by atomic mass is 16.7. The van der Waals surface area contributed by atoms with E-state index in [0.29, 0.717) is 0 Å². The molecule has 2 heterocycles. The van der Waals surface area contributed by atoms with Crippen molar-refractivity contribution in [1.29, 1.82) is 0 Å². The van der Waals surface area contributed by atoms with Crippen LogP contribution in [0.3, 0.4) is 0 Å². The van der Waals surface area contributed by atoms with E-state index in [1.54, 1.807) is 0 Å². The van der Waals surface area contributed by atoms with Crippen LogP contribution in [-0.4, -0.2) is 117 Å². The van der Waals surface area contributed by atoms with Crippen LogP contribution >= 0.6 is 0 Å². The Kier molecular flexibility index (Phi) is 6.87. The van der Waals surface area contributed by atoms with Gasteiger partial charge in [0, 0.05) is 7.11 Å². The molecule has 2 rings (SSSR count). The van der Waals surface area contributed by atoms with E-state index in [0.717, 1.165) is 0 Å². The van der Waals surface area contributed by atoms with Gasteiger partial charge in [0.15, 0.2) is 12.6 Å². The molecule has 142 valence electrons. The normalized spacial score (nSPS) is 50.0. The Morgan fingerprint density at radius 2 is 1.29 bits per heavy atom. The molecule has 2 aliphatic heterocycles. The van der Waals surface area contributed by atoms with E-state index < -0.39 is 74.6 Å². The molecule has 7 N–H and O–H groups in total. The van der Waals surface area contributed by atoms with Gasteiger partial charge in [0.05, 0.1) is 13.2 Å². The lowest BCUT2D eigenvalue weighted by atomic mass is 9.97. The second-order valence-corrected chi connectivity index (χ2v) is 5.74. The smallest absolute Gasteiger partial charge is 0.187 e. The second kappa shape index (κ2) is 8.29. The molecule has 0 spiro atoms. The van der Waals surface area contributed by atoms with Crippen LogP contribution in [-0.2, 0) is 18.9 Å². The molecule has 0 aromatic heterocycles. The third-order valence-electron chi connectivity index (χ3n) is 4.22. The topological polar surface area (TPSA) is 179 Å². The van der Waals surface area contributed by atoms with Crippen molar-refractivity contribution in [3.05, 3.63) is 0 Å². The fourth-order valence-electron chi connectivity index (χ4n) is 2.85. The van der Waals surface area contributed by atoms with Gasteiger partial charge in [-0.1, -0.05) is 0 Å². The zero-order valence-corrected chi connectivity index (χ0v) is 13.0. The summed E-state index contributed by atoms with van der Waals surface area (Å²) < 4.78 is 20.6. The third-order valence-corrected chi connectivity index (χ3v) is 4.22. The van der Waals surface area contributed by atoms with Gasteiger partial charge in [-0.05, 0) is 0 Å². The van der Waals surface area contributed by atoms with Gasteiger partial charge in [-0.2, -0.15) is 0 Å². The number of aliphatic hydroxyl groups is 7. The number of hydrogen-bond donors (Lipinski definition) is 7. The van der Waals surface area contributed by atoms with Crippen LogP contribution in [0.1, 0.15) is 0 Å². The second-order valence-electron chi connectivity index (χ2n) is 5.74. The number of methoxy groups -OCH3 is 1. The molecule has 0 radical (unpaired) electrons. The van der Waals surface area contributed by atoms with E-state index >= 15 is 0 Å². The molecule has 0 aliphatic carbocycles. The first-order valence-electron chi connectivity index (χ1n) is 7.46. The summed E-state index contributed by atoms with van der Waals surface area (Å²) in [5, 5.41) is 67.8. The summed E-state index contributed by atoms with van der Waals surface area (Å²) in [5.41, 5.74) is 0. The van der Waals surface area contributed by atoms with Gasteiger partial charge in [0.2, 0.25) is 0 Å². The Balaban J connectivity index is 2.12. The molecule has 11 nitrogen and oxygen atoms in total. The molecule has 2 fully saturated rings. The molecule has 24 heavy (non-hydrogen) atoms. The minimum absolute atomic E-state index is 0.531. The van der Waals surface area contributed by atoms with Crippen molar-refractivity contribution in [2.24, 2.45) is 0 Å². The lowest BCUT2D eigenvalue weighted by Crippen LogP contribution is -2.64. The number of ether oxygens (including phenoxy) is 4. The Morgan fingerprint density at radius 3 is 1.83 bits per heavy atom. The first kappa shape index (κ1) is 19.9. The molecule has 10 atom stereocenters. The summed E-state index contributed by atoms with van der Waals surface area (Å²) in [6, 6.07) is 0. The van der Waals surface area contributed by atoms with E-state index in [1.807, 2.05) is 0 Å². The monoisotopic (exact) mass is 356 g/mol. The molecule has 11 heteroatoms. The molecular weight excluding hydrogens is 332 g/mol. The first-order chi connectivity index (χ1) is 11.3. The minimum atomic E-state index is -1.72. The largest absolute Gasteiger partial charge is 0.394 e. The number of aliphatic hydroxyl groups excluding tert-OH is 7. The maximum Gasteiger partial charge on any atom is 0.187 e. The van der Waals surface area contributed by atoms with Crippen LogP contribution in [0.25, 0.3) is 0 Å². The quantitative estimate of drug-likeness (QED) is 0.251. The van der Waals surface area contributed by atoms with Gasteiger partial charge in [-0.3, -0.25) is 0 Å². The third kappa shape index (κ3) is 3.71. The van der Waals surface area contributed by atoms with Crippen molar-refractivity contribution in [2.75, 3.05) is 20.3 Å². The van der Waals surface area contributed by atoms with E-state index in [2.05, 4.69) is 0 Å². The summed E-state index contributed by atoms with van der Waals surface area (Å²) in [4.78, 5) is 0. The van der Waals surface area contributed by atoms with Gasteiger partial charge in [0.25, 0.3) is 0 Å².